The van der Waals surface area contributed by atoms with Gasteiger partial charge in [-0.3, -0.25) is 10.1 Å². The molecule has 1 amide bonds. The minimum atomic E-state index is -0.893. The molecular weight excluding hydrogens is 369 g/mol. The summed E-state index contributed by atoms with van der Waals surface area (Å²) in [5, 5.41) is 3.05. The fraction of sp³-hybridized carbons (Fsp3) is 0.118. The molecule has 0 saturated carbocycles. The molecule has 0 heterocycles. The van der Waals surface area contributed by atoms with E-state index >= 15 is 0 Å². The number of esters is 2. The summed E-state index contributed by atoms with van der Waals surface area (Å²) in [6.07, 6.45) is -0.804. The summed E-state index contributed by atoms with van der Waals surface area (Å²) < 4.78 is 9.66. The van der Waals surface area contributed by atoms with Crippen LogP contribution in [-0.2, 0) is 9.53 Å². The lowest BCUT2D eigenvalue weighted by Gasteiger charge is -2.07. The van der Waals surface area contributed by atoms with Crippen molar-refractivity contribution in [3.63, 3.8) is 0 Å². The number of hydrogen-bond donors (Lipinski definition) is 1. The molecule has 25 heavy (non-hydrogen) atoms. The molecule has 2 rings (SSSR count). The fourth-order valence-corrected chi connectivity index (χ4v) is 2.27. The van der Waals surface area contributed by atoms with Crippen molar-refractivity contribution in [3.8, 4) is 5.75 Å². The van der Waals surface area contributed by atoms with E-state index in [4.69, 9.17) is 27.9 Å². The normalized spacial score (nSPS) is 10.0. The van der Waals surface area contributed by atoms with Crippen LogP contribution in [0.1, 0.15) is 23.7 Å². The lowest BCUT2D eigenvalue weighted by Crippen LogP contribution is -2.17. The number of carbonyl (C=O) groups excluding carboxylic acids is 3. The molecule has 0 aliphatic carbocycles. The lowest BCUT2D eigenvalue weighted by molar-refractivity contribution is -0.136. The number of rotatable bonds is 4. The average molecular weight is 382 g/mol. The van der Waals surface area contributed by atoms with Crippen LogP contribution in [0.15, 0.2) is 42.5 Å². The largest absolute Gasteiger partial charge is 0.423 e. The van der Waals surface area contributed by atoms with Gasteiger partial charge in [0.1, 0.15) is 5.75 Å². The Morgan fingerprint density at radius 1 is 1.00 bits per heavy atom. The minimum absolute atomic E-state index is 0.0890. The van der Waals surface area contributed by atoms with Crippen molar-refractivity contribution in [1.82, 2.24) is 0 Å². The summed E-state index contributed by atoms with van der Waals surface area (Å²) >= 11 is 11.7. The van der Waals surface area contributed by atoms with Crippen molar-refractivity contribution in [2.24, 2.45) is 0 Å². The summed E-state index contributed by atoms with van der Waals surface area (Å²) in [6, 6.07) is 10.3. The Bertz CT molecular complexity index is 785. The number of hydrogen-bond acceptors (Lipinski definition) is 5. The highest BCUT2D eigenvalue weighted by atomic mass is 35.5. The molecule has 0 saturated heterocycles. The van der Waals surface area contributed by atoms with Gasteiger partial charge in [0.05, 0.1) is 5.56 Å². The number of carbonyl (C=O) groups is 3. The molecule has 0 aliphatic heterocycles. The van der Waals surface area contributed by atoms with E-state index in [2.05, 4.69) is 10.1 Å². The summed E-state index contributed by atoms with van der Waals surface area (Å²) in [4.78, 5) is 34.5. The fourth-order valence-electron chi connectivity index (χ4n) is 1.76. The second kappa shape index (κ2) is 8.50. The minimum Gasteiger partial charge on any atom is -0.423 e. The van der Waals surface area contributed by atoms with Crippen LogP contribution in [0.3, 0.4) is 0 Å². The molecular formula is C17H13Cl2NO5. The van der Waals surface area contributed by atoms with Crippen LogP contribution in [0.4, 0.5) is 10.5 Å². The van der Waals surface area contributed by atoms with E-state index in [0.29, 0.717) is 15.7 Å². The molecule has 6 nitrogen and oxygen atoms in total. The Labute approximate surface area is 153 Å². The van der Waals surface area contributed by atoms with Crippen LogP contribution in [0.5, 0.6) is 5.75 Å². The van der Waals surface area contributed by atoms with Crippen LogP contribution >= 0.6 is 23.2 Å². The Kier molecular flexibility index (Phi) is 6.38. The van der Waals surface area contributed by atoms with Crippen LogP contribution in [0.2, 0.25) is 10.0 Å². The molecule has 130 valence electrons. The van der Waals surface area contributed by atoms with Gasteiger partial charge < -0.3 is 9.47 Å². The Hall–Kier alpha value is -2.57. The Balaban J connectivity index is 2.00. The molecule has 0 fully saturated rings. The van der Waals surface area contributed by atoms with Gasteiger partial charge in [-0.25, -0.2) is 9.59 Å². The van der Waals surface area contributed by atoms with Crippen molar-refractivity contribution in [3.05, 3.63) is 58.1 Å². The summed E-state index contributed by atoms with van der Waals surface area (Å²) in [7, 11) is 0. The first-order valence-corrected chi connectivity index (χ1v) is 7.93. The molecule has 0 atom stereocenters. The van der Waals surface area contributed by atoms with Gasteiger partial charge in [0, 0.05) is 22.2 Å². The molecule has 2 aromatic carbocycles. The maximum atomic E-state index is 12.1. The van der Waals surface area contributed by atoms with Gasteiger partial charge in [-0.05, 0) is 42.5 Å². The SMILES string of the molecule is CCC(=O)OC(=O)Nc1ccc(C(=O)Oc2cc(Cl)cc(Cl)c2)cc1. The third-order valence-corrected chi connectivity index (χ3v) is 3.35. The molecule has 0 spiro atoms. The number of ether oxygens (including phenoxy) is 2. The number of nitrogens with one attached hydrogen (secondary N) is 1. The van der Waals surface area contributed by atoms with Crippen LogP contribution < -0.4 is 10.1 Å². The smallest absolute Gasteiger partial charge is 0.419 e. The number of halogens is 2. The van der Waals surface area contributed by atoms with E-state index in [0.717, 1.165) is 0 Å². The van der Waals surface area contributed by atoms with Crippen molar-refractivity contribution in [2.75, 3.05) is 5.32 Å². The first-order valence-electron chi connectivity index (χ1n) is 7.17. The Morgan fingerprint density at radius 2 is 1.60 bits per heavy atom. The topological polar surface area (TPSA) is 81.7 Å². The highest BCUT2D eigenvalue weighted by Crippen LogP contribution is 2.25. The molecule has 0 radical (unpaired) electrons. The number of benzene rings is 2. The third-order valence-electron chi connectivity index (χ3n) is 2.91. The van der Waals surface area contributed by atoms with Gasteiger partial charge in [-0.1, -0.05) is 30.1 Å². The van der Waals surface area contributed by atoms with E-state index in [1.807, 2.05) is 0 Å². The molecule has 0 aliphatic rings. The first-order chi connectivity index (χ1) is 11.9. The van der Waals surface area contributed by atoms with Gasteiger partial charge >= 0.3 is 18.0 Å². The zero-order valence-corrected chi connectivity index (χ0v) is 14.6. The van der Waals surface area contributed by atoms with E-state index in [-0.39, 0.29) is 17.7 Å². The third kappa shape index (κ3) is 5.77. The maximum Gasteiger partial charge on any atom is 0.419 e. The van der Waals surface area contributed by atoms with Gasteiger partial charge in [0.2, 0.25) is 0 Å². The zero-order valence-electron chi connectivity index (χ0n) is 13.0. The quantitative estimate of drug-likeness (QED) is 0.471. The van der Waals surface area contributed by atoms with Gasteiger partial charge in [0.25, 0.3) is 0 Å². The molecule has 1 N–H and O–H groups in total. The highest BCUT2D eigenvalue weighted by Gasteiger charge is 2.12. The molecule has 0 aromatic heterocycles. The maximum absolute atomic E-state index is 12.1. The van der Waals surface area contributed by atoms with Crippen molar-refractivity contribution in [1.29, 1.82) is 0 Å². The van der Waals surface area contributed by atoms with E-state index in [9.17, 15) is 14.4 Å². The predicted octanol–water partition coefficient (Wildman–Crippen LogP) is 4.70. The average Bonchev–Trinajstić information content (AvgIpc) is 2.54. The van der Waals surface area contributed by atoms with Crippen LogP contribution in [-0.4, -0.2) is 18.0 Å². The molecule has 0 unspecified atom stereocenters. The van der Waals surface area contributed by atoms with Crippen molar-refractivity contribution in [2.45, 2.75) is 13.3 Å². The monoisotopic (exact) mass is 381 g/mol. The second-order valence-corrected chi connectivity index (χ2v) is 5.68. The predicted molar refractivity (Wildman–Crippen MR) is 93.3 cm³/mol. The van der Waals surface area contributed by atoms with E-state index in [1.54, 1.807) is 6.92 Å². The van der Waals surface area contributed by atoms with Crippen molar-refractivity contribution >= 4 is 46.9 Å². The Morgan fingerprint density at radius 3 is 2.16 bits per heavy atom. The summed E-state index contributed by atoms with van der Waals surface area (Å²) in [6.45, 7) is 1.57. The van der Waals surface area contributed by atoms with Gasteiger partial charge in [-0.15, -0.1) is 0 Å². The van der Waals surface area contributed by atoms with Gasteiger partial charge in [-0.2, -0.15) is 0 Å². The zero-order chi connectivity index (χ0) is 18.4. The summed E-state index contributed by atoms with van der Waals surface area (Å²) in [5.41, 5.74) is 0.607. The van der Waals surface area contributed by atoms with E-state index in [1.165, 1.54) is 42.5 Å². The van der Waals surface area contributed by atoms with Crippen LogP contribution in [0.25, 0.3) is 0 Å². The highest BCUT2D eigenvalue weighted by molar-refractivity contribution is 6.34. The number of amides is 1. The second-order valence-electron chi connectivity index (χ2n) is 4.81. The van der Waals surface area contributed by atoms with Gasteiger partial charge in [0.15, 0.2) is 0 Å². The van der Waals surface area contributed by atoms with Crippen molar-refractivity contribution < 1.29 is 23.9 Å². The standard InChI is InChI=1S/C17H13Cl2NO5/c1-2-15(21)25-17(23)20-13-5-3-10(4-6-13)16(22)24-14-8-11(18)7-12(19)9-14/h3-9H,2H2,1H3,(H,20,23). The van der Waals surface area contributed by atoms with Crippen LogP contribution in [0, 0.1) is 0 Å². The first kappa shape index (κ1) is 18.8. The molecule has 8 heteroatoms. The molecule has 2 aromatic rings. The summed E-state index contributed by atoms with van der Waals surface area (Å²) in [5.74, 6) is -1.04. The number of anilines is 1. The molecule has 0 bridgehead atoms. The lowest BCUT2D eigenvalue weighted by atomic mass is 10.2. The van der Waals surface area contributed by atoms with E-state index < -0.39 is 18.0 Å².